The van der Waals surface area contributed by atoms with E-state index in [1.807, 2.05) is 6.07 Å². The average Bonchev–Trinajstić information content (AvgIpc) is 2.63. The second-order valence-corrected chi connectivity index (χ2v) is 6.30. The van der Waals surface area contributed by atoms with E-state index in [1.54, 1.807) is 12.1 Å². The molecule has 1 aliphatic carbocycles. The van der Waals surface area contributed by atoms with Crippen molar-refractivity contribution < 1.29 is 9.59 Å². The zero-order valence-electron chi connectivity index (χ0n) is 11.9. The van der Waals surface area contributed by atoms with Crippen molar-refractivity contribution in [3.05, 3.63) is 29.3 Å². The Morgan fingerprint density at radius 2 is 1.65 bits per heavy atom. The van der Waals surface area contributed by atoms with Gasteiger partial charge in [0.1, 0.15) is 0 Å². The molecule has 3 rings (SSSR count). The minimum absolute atomic E-state index is 0.293. The van der Waals surface area contributed by atoms with E-state index in [0.717, 1.165) is 30.4 Å². The van der Waals surface area contributed by atoms with Gasteiger partial charge < -0.3 is 5.32 Å². The Labute approximate surface area is 118 Å². The zero-order valence-corrected chi connectivity index (χ0v) is 11.9. The zero-order chi connectivity index (χ0) is 14.3. The molecule has 2 unspecified atom stereocenters. The summed E-state index contributed by atoms with van der Waals surface area (Å²) in [4.78, 5) is 23.2. The van der Waals surface area contributed by atoms with Crippen molar-refractivity contribution in [3.63, 3.8) is 0 Å². The van der Waals surface area contributed by atoms with Crippen molar-refractivity contribution >= 4 is 17.5 Å². The van der Waals surface area contributed by atoms with Crippen LogP contribution < -0.4 is 10.6 Å². The standard InChI is InChI=1S/C16H20N2O2/c1-9-5-10(2)7-12(6-9)17-11-3-4-13-14(8-11)16(20)18-15(13)19/h3-4,8-10,12,17H,5-7H2,1-2H3,(H,18,19,20). The summed E-state index contributed by atoms with van der Waals surface area (Å²) in [6.07, 6.45) is 3.61. The molecule has 2 N–H and O–H groups in total. The van der Waals surface area contributed by atoms with Crippen molar-refractivity contribution in [2.24, 2.45) is 11.8 Å². The van der Waals surface area contributed by atoms with Gasteiger partial charge in [-0.25, -0.2) is 0 Å². The largest absolute Gasteiger partial charge is 0.382 e. The van der Waals surface area contributed by atoms with Crippen LogP contribution in [0.1, 0.15) is 53.8 Å². The normalized spacial score (nSPS) is 29.0. The van der Waals surface area contributed by atoms with Crippen LogP contribution in [0.2, 0.25) is 0 Å². The Morgan fingerprint density at radius 3 is 2.35 bits per heavy atom. The summed E-state index contributed by atoms with van der Waals surface area (Å²) in [5.41, 5.74) is 1.89. The number of nitrogens with one attached hydrogen (secondary N) is 2. The predicted molar refractivity (Wildman–Crippen MR) is 77.8 cm³/mol. The molecule has 0 saturated heterocycles. The number of amides is 2. The Kier molecular flexibility index (Phi) is 3.24. The molecule has 2 amide bonds. The molecule has 4 nitrogen and oxygen atoms in total. The molecule has 0 aromatic heterocycles. The van der Waals surface area contributed by atoms with Gasteiger partial charge in [-0.05, 0) is 49.3 Å². The van der Waals surface area contributed by atoms with Gasteiger partial charge in [-0.15, -0.1) is 0 Å². The minimum Gasteiger partial charge on any atom is -0.382 e. The lowest BCUT2D eigenvalue weighted by Crippen LogP contribution is -2.30. The van der Waals surface area contributed by atoms with Gasteiger partial charge in [0.25, 0.3) is 11.8 Å². The third-order valence-corrected chi connectivity index (χ3v) is 4.29. The van der Waals surface area contributed by atoms with Crippen molar-refractivity contribution in [3.8, 4) is 0 Å². The fourth-order valence-electron chi connectivity index (χ4n) is 3.56. The molecule has 0 radical (unpaired) electrons. The summed E-state index contributed by atoms with van der Waals surface area (Å²) >= 11 is 0. The maximum atomic E-state index is 11.7. The molecular weight excluding hydrogens is 252 g/mol. The van der Waals surface area contributed by atoms with Crippen LogP contribution in [0.15, 0.2) is 18.2 Å². The Morgan fingerprint density at radius 1 is 1.00 bits per heavy atom. The fourth-order valence-corrected chi connectivity index (χ4v) is 3.56. The van der Waals surface area contributed by atoms with Crippen molar-refractivity contribution in [1.29, 1.82) is 0 Å². The third kappa shape index (κ3) is 2.42. The van der Waals surface area contributed by atoms with Gasteiger partial charge >= 0.3 is 0 Å². The highest BCUT2D eigenvalue weighted by atomic mass is 16.2. The maximum absolute atomic E-state index is 11.7. The second kappa shape index (κ2) is 4.93. The van der Waals surface area contributed by atoms with E-state index in [9.17, 15) is 9.59 Å². The number of carbonyl (C=O) groups is 2. The van der Waals surface area contributed by atoms with Crippen LogP contribution in [-0.2, 0) is 0 Å². The van der Waals surface area contributed by atoms with E-state index >= 15 is 0 Å². The monoisotopic (exact) mass is 272 g/mol. The van der Waals surface area contributed by atoms with E-state index in [-0.39, 0.29) is 11.8 Å². The molecule has 1 aromatic rings. The highest BCUT2D eigenvalue weighted by Crippen LogP contribution is 2.31. The number of hydrogen-bond acceptors (Lipinski definition) is 3. The number of fused-ring (bicyclic) bond motifs is 1. The van der Waals surface area contributed by atoms with E-state index in [4.69, 9.17) is 0 Å². The highest BCUT2D eigenvalue weighted by molar-refractivity contribution is 6.21. The van der Waals surface area contributed by atoms with Gasteiger partial charge in [0.05, 0.1) is 11.1 Å². The maximum Gasteiger partial charge on any atom is 0.259 e. The summed E-state index contributed by atoms with van der Waals surface area (Å²) < 4.78 is 0. The fraction of sp³-hybridized carbons (Fsp3) is 0.500. The number of benzene rings is 1. The number of rotatable bonds is 2. The molecule has 1 aliphatic heterocycles. The van der Waals surface area contributed by atoms with Gasteiger partial charge in [0.15, 0.2) is 0 Å². The van der Waals surface area contributed by atoms with E-state index < -0.39 is 0 Å². The molecule has 0 bridgehead atoms. The number of hydrogen-bond donors (Lipinski definition) is 2. The van der Waals surface area contributed by atoms with Gasteiger partial charge in [-0.3, -0.25) is 14.9 Å². The van der Waals surface area contributed by atoms with Crippen LogP contribution in [0.4, 0.5) is 5.69 Å². The van der Waals surface area contributed by atoms with Gasteiger partial charge in [0.2, 0.25) is 0 Å². The molecule has 2 aliphatic rings. The molecular formula is C16H20N2O2. The highest BCUT2D eigenvalue weighted by Gasteiger charge is 2.28. The molecule has 106 valence electrons. The SMILES string of the molecule is CC1CC(C)CC(Nc2ccc3c(c2)C(=O)NC3=O)C1. The van der Waals surface area contributed by atoms with Crippen LogP contribution >= 0.6 is 0 Å². The van der Waals surface area contributed by atoms with E-state index in [2.05, 4.69) is 24.5 Å². The van der Waals surface area contributed by atoms with Crippen molar-refractivity contribution in [2.75, 3.05) is 5.32 Å². The van der Waals surface area contributed by atoms with E-state index in [1.165, 1.54) is 6.42 Å². The Balaban J connectivity index is 1.77. The van der Waals surface area contributed by atoms with Crippen LogP contribution in [0, 0.1) is 11.8 Å². The molecule has 1 fully saturated rings. The molecule has 1 saturated carbocycles. The van der Waals surface area contributed by atoms with Crippen LogP contribution in [0.5, 0.6) is 0 Å². The average molecular weight is 272 g/mol. The molecule has 2 atom stereocenters. The lowest BCUT2D eigenvalue weighted by molar-refractivity contribution is 0.0879. The van der Waals surface area contributed by atoms with Crippen molar-refractivity contribution in [2.45, 2.75) is 39.2 Å². The lowest BCUT2D eigenvalue weighted by Gasteiger charge is -2.32. The lowest BCUT2D eigenvalue weighted by atomic mass is 9.80. The quantitative estimate of drug-likeness (QED) is 0.814. The molecule has 1 heterocycles. The predicted octanol–water partition coefficient (Wildman–Crippen LogP) is 2.81. The molecule has 1 aromatic carbocycles. The third-order valence-electron chi connectivity index (χ3n) is 4.29. The van der Waals surface area contributed by atoms with E-state index in [0.29, 0.717) is 17.2 Å². The first kappa shape index (κ1) is 13.2. The first-order valence-corrected chi connectivity index (χ1v) is 7.29. The van der Waals surface area contributed by atoms with Crippen LogP contribution in [0.25, 0.3) is 0 Å². The number of carbonyl (C=O) groups excluding carboxylic acids is 2. The van der Waals surface area contributed by atoms with Gasteiger partial charge in [-0.2, -0.15) is 0 Å². The Hall–Kier alpha value is -1.84. The minimum atomic E-state index is -0.295. The summed E-state index contributed by atoms with van der Waals surface area (Å²) in [5.74, 6) is 0.876. The first-order valence-electron chi connectivity index (χ1n) is 7.29. The summed E-state index contributed by atoms with van der Waals surface area (Å²) in [5, 5.41) is 5.84. The smallest absolute Gasteiger partial charge is 0.259 e. The topological polar surface area (TPSA) is 58.2 Å². The molecule has 0 spiro atoms. The van der Waals surface area contributed by atoms with Gasteiger partial charge in [-0.1, -0.05) is 13.8 Å². The summed E-state index contributed by atoms with van der Waals surface area (Å²) in [7, 11) is 0. The summed E-state index contributed by atoms with van der Waals surface area (Å²) in [6, 6.07) is 5.86. The van der Waals surface area contributed by atoms with Crippen LogP contribution in [-0.4, -0.2) is 17.9 Å². The van der Waals surface area contributed by atoms with Crippen LogP contribution in [0.3, 0.4) is 0 Å². The number of imide groups is 1. The number of anilines is 1. The summed E-state index contributed by atoms with van der Waals surface area (Å²) in [6.45, 7) is 4.58. The first-order chi connectivity index (χ1) is 9.52. The Bertz CT molecular complexity index is 558. The van der Waals surface area contributed by atoms with Crippen molar-refractivity contribution in [1.82, 2.24) is 5.32 Å². The molecule has 20 heavy (non-hydrogen) atoms. The second-order valence-electron chi connectivity index (χ2n) is 6.30. The molecule has 4 heteroatoms. The van der Waals surface area contributed by atoms with Gasteiger partial charge in [0, 0.05) is 11.7 Å².